The number of ketones is 2. The first-order valence-electron chi connectivity index (χ1n) is 15.8. The van der Waals surface area contributed by atoms with E-state index in [1.807, 2.05) is 29.2 Å². The van der Waals surface area contributed by atoms with Crippen LogP contribution >= 0.6 is 0 Å². The van der Waals surface area contributed by atoms with Crippen molar-refractivity contribution in [1.82, 2.24) is 4.90 Å². The number of fused-ring (bicyclic) bond motifs is 2. The summed E-state index contributed by atoms with van der Waals surface area (Å²) in [6.07, 6.45) is 9.19. The Morgan fingerprint density at radius 2 is 1.74 bits per heavy atom. The molecule has 0 aromatic heterocycles. The van der Waals surface area contributed by atoms with Gasteiger partial charge in [-0.2, -0.15) is 4.40 Å². The van der Waals surface area contributed by atoms with E-state index >= 15 is 0 Å². The van der Waals surface area contributed by atoms with Crippen LogP contribution in [-0.2, 0) is 30.2 Å². The Morgan fingerprint density at radius 3 is 2.40 bits per heavy atom. The minimum atomic E-state index is -1.46. The maximum Gasteiger partial charge on any atom is 0.285 e. The zero-order valence-electron chi connectivity index (χ0n) is 25.3. The predicted octanol–water partition coefficient (Wildman–Crippen LogP) is 3.58. The number of hydrogen-bond acceptors (Lipinski definition) is 5. The van der Waals surface area contributed by atoms with Crippen LogP contribution in [0, 0.1) is 40.9 Å². The molecule has 1 aromatic rings. The Hall–Kier alpha value is -2.72. The molecule has 2 amide bonds. The maximum absolute atomic E-state index is 14.6. The molecule has 10 heteroatoms. The average molecular weight is 612 g/mol. The summed E-state index contributed by atoms with van der Waals surface area (Å²) >= 11 is 0. The van der Waals surface area contributed by atoms with Gasteiger partial charge in [0.15, 0.2) is 16.8 Å². The van der Waals surface area contributed by atoms with Gasteiger partial charge in [0.1, 0.15) is 0 Å². The van der Waals surface area contributed by atoms with Gasteiger partial charge in [0.25, 0.3) is 5.91 Å². The number of piperidine rings is 1. The summed E-state index contributed by atoms with van der Waals surface area (Å²) in [6.45, 7) is 4.84. The molecule has 1 aromatic carbocycles. The van der Waals surface area contributed by atoms with Crippen LogP contribution in [-0.4, -0.2) is 56.3 Å². The fourth-order valence-corrected chi connectivity index (χ4v) is 9.52. The number of carbonyl (C=O) groups is 4. The second kappa shape index (κ2) is 12.3. The zero-order valence-corrected chi connectivity index (χ0v) is 26.1. The van der Waals surface area contributed by atoms with E-state index in [1.54, 1.807) is 0 Å². The second-order valence-electron chi connectivity index (χ2n) is 14.0. The molecule has 4 fully saturated rings. The van der Waals surface area contributed by atoms with Crippen LogP contribution in [0.3, 0.4) is 0 Å². The van der Waals surface area contributed by atoms with E-state index in [2.05, 4.69) is 18.2 Å². The molecule has 234 valence electrons. The molecular weight excluding hydrogens is 566 g/mol. The standard InChI is InChI=1S/C33H43N3O5S.H2O/c1-33(2)24-18-36(29(28(24)33)26(37)16-21(30(38)31(34)39)15-19-9-8-10-19)32(40)23(20-11-4-3-5-12-20)17-25-22-13-6-7-14-27(22)42(41)35-25;/h6-7,13-14,19-21,23-24,28-29H,3-5,8-12,15-18H2,1-2H3,(H2,34,39);1H2/t21?,23-,24-,28?,29?,42?;/m0./s1. The number of Topliss-reactive ketones (excluding diaryl/α,β-unsaturated/α-hetero) is 2. The highest BCUT2D eigenvalue weighted by atomic mass is 32.2. The number of benzene rings is 1. The highest BCUT2D eigenvalue weighted by Crippen LogP contribution is 2.65. The number of amides is 2. The topological polar surface area (TPSA) is 158 Å². The van der Waals surface area contributed by atoms with Crippen LogP contribution < -0.4 is 5.73 Å². The lowest BCUT2D eigenvalue weighted by Crippen LogP contribution is -2.50. The van der Waals surface area contributed by atoms with E-state index in [9.17, 15) is 23.4 Å². The maximum atomic E-state index is 14.6. The molecule has 4 N–H and O–H groups in total. The van der Waals surface area contributed by atoms with E-state index in [4.69, 9.17) is 5.73 Å². The number of nitrogens with zero attached hydrogens (tertiary/aromatic N) is 2. The van der Waals surface area contributed by atoms with Gasteiger partial charge >= 0.3 is 0 Å². The van der Waals surface area contributed by atoms with Crippen LogP contribution in [0.2, 0.25) is 0 Å². The molecular formula is C33H45N3O6S. The molecule has 6 atom stereocenters. The van der Waals surface area contributed by atoms with Crippen molar-refractivity contribution in [2.75, 3.05) is 6.54 Å². The van der Waals surface area contributed by atoms with Crippen molar-refractivity contribution >= 4 is 40.1 Å². The van der Waals surface area contributed by atoms with E-state index in [0.29, 0.717) is 35.9 Å². The third-order valence-corrected chi connectivity index (χ3v) is 12.4. The first-order valence-corrected chi connectivity index (χ1v) is 16.9. The normalized spacial score (nSPS) is 28.9. The quantitative estimate of drug-likeness (QED) is 0.378. The summed E-state index contributed by atoms with van der Waals surface area (Å²) in [6, 6.07) is 6.93. The van der Waals surface area contributed by atoms with Crippen molar-refractivity contribution in [2.24, 2.45) is 51.1 Å². The van der Waals surface area contributed by atoms with E-state index < -0.39 is 34.6 Å². The van der Waals surface area contributed by atoms with Gasteiger partial charge in [-0.05, 0) is 54.4 Å². The van der Waals surface area contributed by atoms with Crippen molar-refractivity contribution in [3.05, 3.63) is 29.8 Å². The van der Waals surface area contributed by atoms with E-state index in [1.165, 1.54) is 0 Å². The third kappa shape index (κ3) is 5.89. The number of nitrogens with two attached hydrogens (primary N) is 1. The Labute approximate surface area is 256 Å². The Morgan fingerprint density at radius 1 is 1.05 bits per heavy atom. The highest BCUT2D eigenvalue weighted by Gasteiger charge is 2.69. The molecule has 0 radical (unpaired) electrons. The summed E-state index contributed by atoms with van der Waals surface area (Å²) in [4.78, 5) is 55.9. The first kappa shape index (κ1) is 31.7. The average Bonchev–Trinajstić information content (AvgIpc) is 3.25. The van der Waals surface area contributed by atoms with Gasteiger partial charge in [-0.15, -0.1) is 0 Å². The lowest BCUT2D eigenvalue weighted by atomic mass is 9.75. The summed E-state index contributed by atoms with van der Waals surface area (Å²) in [5.41, 5.74) is 6.92. The Kier molecular flexibility index (Phi) is 9.10. The summed E-state index contributed by atoms with van der Waals surface area (Å²) in [5, 5.41) is 0. The summed E-state index contributed by atoms with van der Waals surface area (Å²) in [7, 11) is -1.46. The monoisotopic (exact) mass is 611 g/mol. The van der Waals surface area contributed by atoms with Gasteiger partial charge < -0.3 is 16.1 Å². The third-order valence-electron chi connectivity index (χ3n) is 11.3. The lowest BCUT2D eigenvalue weighted by molar-refractivity contribution is -0.146. The largest absolute Gasteiger partial charge is 0.412 e. The van der Waals surface area contributed by atoms with Crippen LogP contribution in [0.5, 0.6) is 0 Å². The van der Waals surface area contributed by atoms with Gasteiger partial charge in [-0.3, -0.25) is 19.2 Å². The smallest absolute Gasteiger partial charge is 0.285 e. The molecule has 43 heavy (non-hydrogen) atoms. The first-order chi connectivity index (χ1) is 20.1. The number of likely N-dealkylation sites (tertiary alicyclic amines) is 1. The minimum Gasteiger partial charge on any atom is -0.412 e. The number of carbonyl (C=O) groups excluding carboxylic acids is 4. The number of rotatable bonds is 11. The van der Waals surface area contributed by atoms with Gasteiger partial charge in [0.2, 0.25) is 11.7 Å². The molecule has 3 saturated carbocycles. The van der Waals surface area contributed by atoms with Crippen molar-refractivity contribution in [2.45, 2.75) is 95.4 Å². The zero-order chi connectivity index (χ0) is 29.8. The van der Waals surface area contributed by atoms with E-state index in [-0.39, 0.29) is 52.7 Å². The molecule has 9 nitrogen and oxygen atoms in total. The molecule has 5 aliphatic rings. The van der Waals surface area contributed by atoms with Gasteiger partial charge in [0, 0.05) is 36.8 Å². The minimum absolute atomic E-state index is 0. The van der Waals surface area contributed by atoms with Crippen LogP contribution in [0.1, 0.15) is 90.0 Å². The molecule has 1 saturated heterocycles. The van der Waals surface area contributed by atoms with Gasteiger partial charge in [-0.25, -0.2) is 4.21 Å². The molecule has 0 bridgehead atoms. The van der Waals surface area contributed by atoms with Crippen LogP contribution in [0.15, 0.2) is 33.6 Å². The molecule has 4 unspecified atom stereocenters. The summed E-state index contributed by atoms with van der Waals surface area (Å²) in [5.74, 6) is -2.04. The fourth-order valence-electron chi connectivity index (χ4n) is 8.48. The van der Waals surface area contributed by atoms with Crippen molar-refractivity contribution in [3.63, 3.8) is 0 Å². The molecule has 0 spiro atoms. The Bertz CT molecular complexity index is 1350. The fraction of sp³-hybridized carbons (Fsp3) is 0.667. The second-order valence-corrected chi connectivity index (χ2v) is 15.1. The van der Waals surface area contributed by atoms with Crippen molar-refractivity contribution in [1.29, 1.82) is 0 Å². The van der Waals surface area contributed by atoms with Crippen LogP contribution in [0.25, 0.3) is 0 Å². The molecule has 3 aliphatic carbocycles. The number of hydrogen-bond donors (Lipinski definition) is 1. The SMILES string of the molecule is CC1(C)C2C(C(=O)CC(CC3CCC3)C(=O)C(N)=O)N(C(=O)[C@@H](CC3=NS(=O)c4ccccc43)C3CCCCC3)C[C@@H]21.O. The van der Waals surface area contributed by atoms with Crippen LogP contribution in [0.4, 0.5) is 0 Å². The lowest BCUT2D eigenvalue weighted by Gasteiger charge is -2.37. The van der Waals surface area contributed by atoms with Gasteiger partial charge in [-0.1, -0.05) is 70.6 Å². The molecule has 2 aliphatic heterocycles. The Balaban J connectivity index is 0.00000368. The molecule has 2 heterocycles. The number of primary amides is 1. The van der Waals surface area contributed by atoms with E-state index in [0.717, 1.165) is 56.9 Å². The predicted molar refractivity (Wildman–Crippen MR) is 163 cm³/mol. The van der Waals surface area contributed by atoms with Crippen molar-refractivity contribution in [3.8, 4) is 0 Å². The summed E-state index contributed by atoms with van der Waals surface area (Å²) < 4.78 is 17.2. The molecule has 6 rings (SSSR count). The van der Waals surface area contributed by atoms with Crippen molar-refractivity contribution < 1.29 is 28.9 Å². The van der Waals surface area contributed by atoms with Gasteiger partial charge in [0.05, 0.1) is 16.6 Å². The highest BCUT2D eigenvalue weighted by molar-refractivity contribution is 7.84.